The van der Waals surface area contributed by atoms with Gasteiger partial charge in [-0.2, -0.15) is 0 Å². The molecular formula is C13H16FN5O2. The van der Waals surface area contributed by atoms with E-state index in [-0.39, 0.29) is 16.9 Å². The van der Waals surface area contributed by atoms with E-state index in [1.165, 1.54) is 4.68 Å². The average Bonchev–Trinajstić information content (AvgIpc) is 2.84. The molecule has 7 nitrogen and oxygen atoms in total. The summed E-state index contributed by atoms with van der Waals surface area (Å²) in [4.78, 5) is 10.2. The maximum absolute atomic E-state index is 13.8. The van der Waals surface area contributed by atoms with Crippen molar-refractivity contribution in [2.24, 2.45) is 0 Å². The van der Waals surface area contributed by atoms with Crippen molar-refractivity contribution in [1.82, 2.24) is 20.3 Å². The van der Waals surface area contributed by atoms with Crippen molar-refractivity contribution in [3.05, 3.63) is 46.0 Å². The molecule has 21 heavy (non-hydrogen) atoms. The Kier molecular flexibility index (Phi) is 3.99. The minimum absolute atomic E-state index is 0.00120. The molecule has 0 spiro atoms. The Morgan fingerprint density at radius 2 is 2.14 bits per heavy atom. The number of hydrogen-bond donors (Lipinski definition) is 1. The first-order chi connectivity index (χ1) is 9.76. The number of nitro benzene ring substituents is 1. The van der Waals surface area contributed by atoms with Crippen molar-refractivity contribution in [2.45, 2.75) is 32.9 Å². The zero-order valence-corrected chi connectivity index (χ0v) is 12.0. The highest BCUT2D eigenvalue weighted by Gasteiger charge is 2.15. The number of nitrogens with zero attached hydrogens (tertiary/aromatic N) is 4. The fourth-order valence-electron chi connectivity index (χ4n) is 1.64. The van der Waals surface area contributed by atoms with E-state index in [1.54, 1.807) is 6.20 Å². The van der Waals surface area contributed by atoms with Gasteiger partial charge in [0.1, 0.15) is 11.5 Å². The van der Waals surface area contributed by atoms with Gasteiger partial charge in [0.2, 0.25) is 0 Å². The SMILES string of the molecule is CC(C)(C)NCc1cn(-c2cc([N+](=O)[O-])ccc2F)nn1. The molecule has 0 radical (unpaired) electrons. The quantitative estimate of drug-likeness (QED) is 0.690. The van der Waals surface area contributed by atoms with E-state index in [9.17, 15) is 14.5 Å². The van der Waals surface area contributed by atoms with Crippen molar-refractivity contribution < 1.29 is 9.31 Å². The molecule has 0 aliphatic carbocycles. The highest BCUT2D eigenvalue weighted by atomic mass is 19.1. The molecule has 2 rings (SSSR count). The summed E-state index contributed by atoms with van der Waals surface area (Å²) < 4.78 is 15.0. The van der Waals surface area contributed by atoms with Crippen LogP contribution in [0, 0.1) is 15.9 Å². The topological polar surface area (TPSA) is 85.9 Å². The number of rotatable bonds is 4. The minimum atomic E-state index is -0.596. The summed E-state index contributed by atoms with van der Waals surface area (Å²) in [5.74, 6) is -0.596. The molecule has 8 heteroatoms. The van der Waals surface area contributed by atoms with Crippen molar-refractivity contribution >= 4 is 5.69 Å². The molecule has 0 amide bonds. The number of aromatic nitrogens is 3. The van der Waals surface area contributed by atoms with Crippen LogP contribution in [0.3, 0.4) is 0 Å². The molecule has 1 N–H and O–H groups in total. The molecule has 0 atom stereocenters. The predicted octanol–water partition coefficient (Wildman–Crippen LogP) is 2.20. The second kappa shape index (κ2) is 5.57. The van der Waals surface area contributed by atoms with Crippen LogP contribution in [0.25, 0.3) is 5.69 Å². The first-order valence-corrected chi connectivity index (χ1v) is 6.37. The van der Waals surface area contributed by atoms with Crippen LogP contribution in [-0.4, -0.2) is 25.5 Å². The second-order valence-corrected chi connectivity index (χ2v) is 5.65. The van der Waals surface area contributed by atoms with Gasteiger partial charge in [-0.25, -0.2) is 9.07 Å². The maximum Gasteiger partial charge on any atom is 0.271 e. The first kappa shape index (κ1) is 15.0. The van der Waals surface area contributed by atoms with Crippen LogP contribution in [0.4, 0.5) is 10.1 Å². The normalized spacial score (nSPS) is 11.6. The highest BCUT2D eigenvalue weighted by Crippen LogP contribution is 2.19. The largest absolute Gasteiger partial charge is 0.306 e. The Morgan fingerprint density at radius 1 is 1.43 bits per heavy atom. The Hall–Kier alpha value is -2.35. The number of hydrogen-bond acceptors (Lipinski definition) is 5. The van der Waals surface area contributed by atoms with Crippen molar-refractivity contribution in [3.8, 4) is 5.69 Å². The second-order valence-electron chi connectivity index (χ2n) is 5.65. The van der Waals surface area contributed by atoms with E-state index < -0.39 is 10.7 Å². The third-order valence-electron chi connectivity index (χ3n) is 2.73. The lowest BCUT2D eigenvalue weighted by Crippen LogP contribution is -2.35. The minimum Gasteiger partial charge on any atom is -0.306 e. The fourth-order valence-corrected chi connectivity index (χ4v) is 1.64. The number of nitrogens with one attached hydrogen (secondary N) is 1. The molecule has 0 saturated heterocycles. The summed E-state index contributed by atoms with van der Waals surface area (Å²) in [5.41, 5.74) is 0.339. The summed E-state index contributed by atoms with van der Waals surface area (Å²) in [7, 11) is 0. The van der Waals surface area contributed by atoms with E-state index in [4.69, 9.17) is 0 Å². The van der Waals surface area contributed by atoms with Gasteiger partial charge in [0.05, 0.1) is 16.8 Å². The molecule has 0 aliphatic heterocycles. The monoisotopic (exact) mass is 293 g/mol. The predicted molar refractivity (Wildman–Crippen MR) is 74.6 cm³/mol. The number of halogens is 1. The zero-order valence-electron chi connectivity index (χ0n) is 12.0. The van der Waals surface area contributed by atoms with Crippen LogP contribution in [0.15, 0.2) is 24.4 Å². The van der Waals surface area contributed by atoms with E-state index in [1.807, 2.05) is 20.8 Å². The molecule has 2 aromatic rings. The van der Waals surface area contributed by atoms with Gasteiger partial charge in [0, 0.05) is 24.2 Å². The van der Waals surface area contributed by atoms with E-state index in [0.717, 1.165) is 18.2 Å². The third kappa shape index (κ3) is 3.82. The highest BCUT2D eigenvalue weighted by molar-refractivity contribution is 5.43. The van der Waals surface area contributed by atoms with Crippen molar-refractivity contribution in [2.75, 3.05) is 0 Å². The molecule has 0 fully saturated rings. The van der Waals surface area contributed by atoms with Crippen LogP contribution in [-0.2, 0) is 6.54 Å². The Labute approximate surface area is 120 Å². The van der Waals surface area contributed by atoms with Gasteiger partial charge in [-0.15, -0.1) is 5.10 Å². The standard InChI is InChI=1S/C13H16FN5O2/c1-13(2,3)15-7-9-8-18(17-16-9)12-6-10(19(20)21)4-5-11(12)14/h4-6,8,15H,7H2,1-3H3. The number of benzene rings is 1. The van der Waals surface area contributed by atoms with Crippen LogP contribution >= 0.6 is 0 Å². The number of non-ortho nitro benzene ring substituents is 1. The Bertz CT molecular complexity index is 663. The van der Waals surface area contributed by atoms with Gasteiger partial charge in [0.15, 0.2) is 0 Å². The van der Waals surface area contributed by atoms with Gasteiger partial charge < -0.3 is 5.32 Å². The Morgan fingerprint density at radius 3 is 2.76 bits per heavy atom. The van der Waals surface area contributed by atoms with Crippen molar-refractivity contribution in [3.63, 3.8) is 0 Å². The van der Waals surface area contributed by atoms with Crippen LogP contribution in [0.5, 0.6) is 0 Å². The molecule has 112 valence electrons. The molecule has 1 aromatic heterocycles. The van der Waals surface area contributed by atoms with Gasteiger partial charge in [-0.05, 0) is 26.8 Å². The Balaban J connectivity index is 2.25. The summed E-state index contributed by atoms with van der Waals surface area (Å²) >= 11 is 0. The lowest BCUT2D eigenvalue weighted by atomic mass is 10.1. The van der Waals surface area contributed by atoms with Crippen molar-refractivity contribution in [1.29, 1.82) is 0 Å². The lowest BCUT2D eigenvalue weighted by Gasteiger charge is -2.19. The van der Waals surface area contributed by atoms with Gasteiger partial charge in [0.25, 0.3) is 5.69 Å². The summed E-state index contributed by atoms with van der Waals surface area (Å²) in [5, 5.41) is 21.7. The van der Waals surface area contributed by atoms with Gasteiger partial charge in [-0.1, -0.05) is 5.21 Å². The summed E-state index contributed by atoms with van der Waals surface area (Å²) in [6.07, 6.45) is 1.54. The zero-order chi connectivity index (χ0) is 15.6. The van der Waals surface area contributed by atoms with Gasteiger partial charge >= 0.3 is 0 Å². The summed E-state index contributed by atoms with van der Waals surface area (Å²) in [6, 6.07) is 3.28. The molecular weight excluding hydrogens is 277 g/mol. The van der Waals surface area contributed by atoms with Gasteiger partial charge in [-0.3, -0.25) is 10.1 Å². The lowest BCUT2D eigenvalue weighted by molar-refractivity contribution is -0.384. The maximum atomic E-state index is 13.8. The number of nitro groups is 1. The van der Waals surface area contributed by atoms with Crippen LogP contribution < -0.4 is 5.32 Å². The van der Waals surface area contributed by atoms with Crippen LogP contribution in [0.1, 0.15) is 26.5 Å². The van der Waals surface area contributed by atoms with Crippen LogP contribution in [0.2, 0.25) is 0 Å². The fraction of sp³-hybridized carbons (Fsp3) is 0.385. The van der Waals surface area contributed by atoms with E-state index in [2.05, 4.69) is 15.6 Å². The van der Waals surface area contributed by atoms with E-state index in [0.29, 0.717) is 12.2 Å². The van der Waals surface area contributed by atoms with E-state index >= 15 is 0 Å². The smallest absolute Gasteiger partial charge is 0.271 e. The molecule has 1 aromatic carbocycles. The molecule has 0 aliphatic rings. The molecule has 0 unspecified atom stereocenters. The molecule has 0 bridgehead atoms. The summed E-state index contributed by atoms with van der Waals surface area (Å²) in [6.45, 7) is 6.51. The first-order valence-electron chi connectivity index (χ1n) is 6.37. The molecule has 1 heterocycles. The average molecular weight is 293 g/mol. The molecule has 0 saturated carbocycles. The third-order valence-corrected chi connectivity index (χ3v) is 2.73.